The van der Waals surface area contributed by atoms with Crippen molar-refractivity contribution in [3.8, 4) is 17.2 Å². The molecule has 31 heavy (non-hydrogen) atoms. The van der Waals surface area contributed by atoms with E-state index in [1.807, 2.05) is 24.3 Å². The molecule has 7 nitrogen and oxygen atoms in total. The molecule has 2 aliphatic heterocycles. The number of benzene rings is 2. The minimum Gasteiger partial charge on any atom is -0.326 e. The molecule has 0 spiro atoms. The van der Waals surface area contributed by atoms with Gasteiger partial charge >= 0.3 is 0 Å². The number of fused-ring (bicyclic) bond motifs is 2. The van der Waals surface area contributed by atoms with Crippen LogP contribution in [0.1, 0.15) is 11.1 Å². The summed E-state index contributed by atoms with van der Waals surface area (Å²) in [6.45, 7) is 0.327. The summed E-state index contributed by atoms with van der Waals surface area (Å²) in [5, 5.41) is 11.8. The number of nitrogens with one attached hydrogen (secondary N) is 1. The number of carbonyl (C=O) groups excluding carboxylic acids is 1. The zero-order valence-corrected chi connectivity index (χ0v) is 17.8. The van der Waals surface area contributed by atoms with E-state index in [4.69, 9.17) is 5.26 Å². The average Bonchev–Trinajstić information content (AvgIpc) is 3.17. The maximum atomic E-state index is 13.3. The molecule has 154 valence electrons. The molecule has 5 rings (SSSR count). The molecular weight excluding hydrogens is 432 g/mol. The largest absolute Gasteiger partial charge is 0.326 e. The summed E-state index contributed by atoms with van der Waals surface area (Å²) in [6.07, 6.45) is 3.64. The highest BCUT2D eigenvalue weighted by atomic mass is 32.2. The summed E-state index contributed by atoms with van der Waals surface area (Å²) >= 11 is 1.59. The van der Waals surface area contributed by atoms with Gasteiger partial charge in [-0.1, -0.05) is 6.07 Å². The number of nitrogens with zero attached hydrogens (tertiary/aromatic N) is 3. The molecule has 0 bridgehead atoms. The Hall–Kier alpha value is -3.35. The van der Waals surface area contributed by atoms with Gasteiger partial charge < -0.3 is 5.32 Å². The van der Waals surface area contributed by atoms with E-state index in [2.05, 4.69) is 10.3 Å². The first-order valence-corrected chi connectivity index (χ1v) is 12.0. The minimum atomic E-state index is -3.80. The van der Waals surface area contributed by atoms with Crippen molar-refractivity contribution >= 4 is 39.1 Å². The van der Waals surface area contributed by atoms with Crippen LogP contribution in [0, 0.1) is 11.3 Å². The molecule has 0 atom stereocenters. The fourth-order valence-corrected chi connectivity index (χ4v) is 6.55. The molecule has 0 aliphatic carbocycles. The summed E-state index contributed by atoms with van der Waals surface area (Å²) in [4.78, 5) is 17.0. The summed E-state index contributed by atoms with van der Waals surface area (Å²) in [7, 11) is -3.80. The van der Waals surface area contributed by atoms with Crippen LogP contribution in [0.3, 0.4) is 0 Å². The van der Waals surface area contributed by atoms with E-state index in [9.17, 15) is 13.2 Å². The number of carbonyl (C=O) groups is 1. The Morgan fingerprint density at radius 3 is 2.71 bits per heavy atom. The zero-order valence-electron chi connectivity index (χ0n) is 16.2. The number of pyridine rings is 1. The number of nitriles is 1. The van der Waals surface area contributed by atoms with Crippen LogP contribution in [0.15, 0.2) is 64.6 Å². The van der Waals surface area contributed by atoms with Crippen molar-refractivity contribution in [3.05, 3.63) is 66.0 Å². The third-order valence-corrected chi connectivity index (χ3v) is 8.23. The second kappa shape index (κ2) is 7.41. The monoisotopic (exact) mass is 448 g/mol. The first-order chi connectivity index (χ1) is 15.0. The highest BCUT2D eigenvalue weighted by Gasteiger charge is 2.31. The molecule has 1 N–H and O–H groups in total. The third-order valence-electron chi connectivity index (χ3n) is 5.30. The lowest BCUT2D eigenvalue weighted by Gasteiger charge is -2.31. The SMILES string of the molecule is N#Cc1ccc(S(=O)(=O)N2CCSc3c(-c4ccc5c(c4)CC(=O)N5)cncc32)cc1. The fourth-order valence-electron chi connectivity index (χ4n) is 3.80. The van der Waals surface area contributed by atoms with Crippen LogP contribution < -0.4 is 9.62 Å². The standard InChI is InChI=1S/C22H16N4O3S2/c23-11-14-1-4-17(5-2-14)31(28,29)26-7-8-30-22-18(12-24-13-20(22)26)15-3-6-19-16(9-15)10-21(27)25-19/h1-6,9,12-13H,7-8,10H2,(H,25,27). The summed E-state index contributed by atoms with van der Waals surface area (Å²) in [6, 6.07) is 13.7. The number of sulfonamides is 1. The second-order valence-corrected chi connectivity index (χ2v) is 10.2. The van der Waals surface area contributed by atoms with Crippen molar-refractivity contribution < 1.29 is 13.2 Å². The van der Waals surface area contributed by atoms with Crippen molar-refractivity contribution in [2.45, 2.75) is 16.2 Å². The maximum Gasteiger partial charge on any atom is 0.264 e. The molecule has 1 amide bonds. The van der Waals surface area contributed by atoms with Gasteiger partial charge in [0.15, 0.2) is 0 Å². The maximum absolute atomic E-state index is 13.3. The summed E-state index contributed by atoms with van der Waals surface area (Å²) < 4.78 is 28.1. The van der Waals surface area contributed by atoms with Crippen LogP contribution in [-0.2, 0) is 21.2 Å². The van der Waals surface area contributed by atoms with Gasteiger partial charge in [-0.15, -0.1) is 11.8 Å². The molecule has 1 aromatic heterocycles. The molecule has 0 radical (unpaired) electrons. The van der Waals surface area contributed by atoms with E-state index in [-0.39, 0.29) is 10.8 Å². The van der Waals surface area contributed by atoms with Crippen LogP contribution >= 0.6 is 11.8 Å². The summed E-state index contributed by atoms with van der Waals surface area (Å²) in [5.74, 6) is 0.569. The quantitative estimate of drug-likeness (QED) is 0.659. The molecule has 9 heteroatoms. The van der Waals surface area contributed by atoms with Gasteiger partial charge in [0.1, 0.15) is 0 Å². The first-order valence-electron chi connectivity index (χ1n) is 9.54. The Labute approximate surface area is 183 Å². The van der Waals surface area contributed by atoms with Crippen LogP contribution in [0.4, 0.5) is 11.4 Å². The number of amides is 1. The number of aromatic nitrogens is 1. The van der Waals surface area contributed by atoms with Crippen LogP contribution in [0.5, 0.6) is 0 Å². The van der Waals surface area contributed by atoms with E-state index in [0.717, 1.165) is 27.3 Å². The van der Waals surface area contributed by atoms with E-state index in [0.29, 0.717) is 30.0 Å². The fraction of sp³-hybridized carbons (Fsp3) is 0.136. The van der Waals surface area contributed by atoms with Gasteiger partial charge in [-0.2, -0.15) is 5.26 Å². The van der Waals surface area contributed by atoms with Crippen molar-refractivity contribution in [2.24, 2.45) is 0 Å². The van der Waals surface area contributed by atoms with Gasteiger partial charge in [-0.3, -0.25) is 14.1 Å². The number of hydrogen-bond acceptors (Lipinski definition) is 6. The van der Waals surface area contributed by atoms with Crippen LogP contribution in [0.25, 0.3) is 11.1 Å². The lowest BCUT2D eigenvalue weighted by atomic mass is 10.0. The molecule has 2 aromatic carbocycles. The zero-order chi connectivity index (χ0) is 21.6. The molecule has 2 aliphatic rings. The van der Waals surface area contributed by atoms with Gasteiger partial charge in [-0.25, -0.2) is 8.42 Å². The Morgan fingerprint density at radius 2 is 1.94 bits per heavy atom. The van der Waals surface area contributed by atoms with E-state index >= 15 is 0 Å². The van der Waals surface area contributed by atoms with Crippen LogP contribution in [-0.4, -0.2) is 31.6 Å². The molecular formula is C22H16N4O3S2. The van der Waals surface area contributed by atoms with Crippen molar-refractivity contribution in [3.63, 3.8) is 0 Å². The molecule has 0 saturated heterocycles. The first kappa shape index (κ1) is 19.6. The Kier molecular flexibility index (Phi) is 4.68. The third kappa shape index (κ3) is 3.34. The average molecular weight is 449 g/mol. The predicted octanol–water partition coefficient (Wildman–Crippen LogP) is 3.42. The molecule has 3 heterocycles. The highest BCUT2D eigenvalue weighted by Crippen LogP contribution is 2.43. The molecule has 0 saturated carbocycles. The van der Waals surface area contributed by atoms with Gasteiger partial charge in [0.2, 0.25) is 5.91 Å². The van der Waals surface area contributed by atoms with E-state index in [1.165, 1.54) is 28.6 Å². The Bertz CT molecular complexity index is 1360. The Balaban J connectivity index is 1.58. The smallest absolute Gasteiger partial charge is 0.264 e. The highest BCUT2D eigenvalue weighted by molar-refractivity contribution is 8.00. The minimum absolute atomic E-state index is 0.0329. The number of thioether (sulfide) groups is 1. The summed E-state index contributed by atoms with van der Waals surface area (Å²) in [5.41, 5.74) is 4.40. The number of rotatable bonds is 3. The lowest BCUT2D eigenvalue weighted by Crippen LogP contribution is -2.35. The number of hydrogen-bond donors (Lipinski definition) is 1. The topological polar surface area (TPSA) is 103 Å². The molecule has 0 unspecified atom stereocenters. The molecule has 0 fully saturated rings. The van der Waals surface area contributed by atoms with Gasteiger partial charge in [-0.05, 0) is 47.5 Å². The molecule has 3 aromatic rings. The van der Waals surface area contributed by atoms with Crippen molar-refractivity contribution in [1.29, 1.82) is 5.26 Å². The lowest BCUT2D eigenvalue weighted by molar-refractivity contribution is -0.115. The van der Waals surface area contributed by atoms with Crippen molar-refractivity contribution in [1.82, 2.24) is 4.98 Å². The van der Waals surface area contributed by atoms with Crippen molar-refractivity contribution in [2.75, 3.05) is 21.9 Å². The second-order valence-electron chi connectivity index (χ2n) is 7.19. The Morgan fingerprint density at radius 1 is 1.13 bits per heavy atom. The van der Waals surface area contributed by atoms with Crippen LogP contribution in [0.2, 0.25) is 0 Å². The normalized spacial score (nSPS) is 15.1. The van der Waals surface area contributed by atoms with E-state index in [1.54, 1.807) is 24.2 Å². The number of anilines is 2. The van der Waals surface area contributed by atoms with Gasteiger partial charge in [0, 0.05) is 34.6 Å². The van der Waals surface area contributed by atoms with E-state index < -0.39 is 10.0 Å². The van der Waals surface area contributed by atoms with Gasteiger partial charge in [0.25, 0.3) is 10.0 Å². The van der Waals surface area contributed by atoms with Gasteiger partial charge in [0.05, 0.1) is 34.8 Å². The predicted molar refractivity (Wildman–Crippen MR) is 118 cm³/mol.